The van der Waals surface area contributed by atoms with E-state index in [2.05, 4.69) is 9.97 Å². The predicted octanol–water partition coefficient (Wildman–Crippen LogP) is 2.93. The molecule has 1 N–H and O–H groups in total. The third-order valence-electron chi connectivity index (χ3n) is 4.44. The number of fused-ring (bicyclic) bond motifs is 1. The lowest BCUT2D eigenvalue weighted by Gasteiger charge is -2.25. The van der Waals surface area contributed by atoms with Gasteiger partial charge in [-0.15, -0.1) is 0 Å². The highest BCUT2D eigenvalue weighted by Crippen LogP contribution is 2.18. The molecule has 2 aromatic heterocycles. The molecule has 1 aromatic carbocycles. The van der Waals surface area contributed by atoms with E-state index in [0.29, 0.717) is 17.5 Å². The number of nitrogens with one attached hydrogen (secondary N) is 1. The van der Waals surface area contributed by atoms with Crippen LogP contribution in [0.1, 0.15) is 28.5 Å². The van der Waals surface area contributed by atoms with Crippen LogP contribution in [0, 0.1) is 6.92 Å². The molecule has 128 valence electrons. The maximum Gasteiger partial charge on any atom is 0.254 e. The van der Waals surface area contributed by atoms with Crippen molar-refractivity contribution in [3.05, 3.63) is 75.8 Å². The average Bonchev–Trinajstić information content (AvgIpc) is 2.59. The highest BCUT2D eigenvalue weighted by atomic mass is 16.2. The van der Waals surface area contributed by atoms with Crippen molar-refractivity contribution in [2.24, 2.45) is 0 Å². The summed E-state index contributed by atoms with van der Waals surface area (Å²) in [5, 5.41) is 0.750. The first-order valence-corrected chi connectivity index (χ1v) is 8.26. The molecule has 5 nitrogen and oxygen atoms in total. The fraction of sp³-hybridized carbons (Fsp3) is 0.250. The van der Waals surface area contributed by atoms with Gasteiger partial charge in [-0.2, -0.15) is 0 Å². The molecule has 0 radical (unpaired) electrons. The number of aromatic amines is 1. The molecule has 3 aromatic rings. The van der Waals surface area contributed by atoms with Gasteiger partial charge >= 0.3 is 0 Å². The minimum Gasteiger partial charge on any atom is -0.339 e. The largest absolute Gasteiger partial charge is 0.339 e. The molecule has 0 spiro atoms. The van der Waals surface area contributed by atoms with Gasteiger partial charge in [-0.25, -0.2) is 0 Å². The summed E-state index contributed by atoms with van der Waals surface area (Å²) >= 11 is 0. The lowest BCUT2D eigenvalue weighted by Crippen LogP contribution is -2.37. The van der Waals surface area contributed by atoms with Crippen LogP contribution >= 0.6 is 0 Å². The Morgan fingerprint density at radius 3 is 2.76 bits per heavy atom. The van der Waals surface area contributed by atoms with Gasteiger partial charge < -0.3 is 9.88 Å². The number of benzene rings is 1. The number of H-pyrrole nitrogens is 1. The van der Waals surface area contributed by atoms with Crippen molar-refractivity contribution in [3.8, 4) is 0 Å². The number of rotatable bonds is 4. The van der Waals surface area contributed by atoms with Gasteiger partial charge in [-0.05, 0) is 37.6 Å². The molecule has 5 heteroatoms. The van der Waals surface area contributed by atoms with Crippen LogP contribution in [-0.2, 0) is 6.42 Å². The molecular formula is C20H21N3O2. The molecule has 0 aliphatic heterocycles. The molecule has 25 heavy (non-hydrogen) atoms. The SMILES string of the molecule is Cc1ccnc(C[C@H](C)N(C)C(=O)c2cc(=O)[nH]c3ccccc23)c1. The van der Waals surface area contributed by atoms with E-state index in [1.54, 1.807) is 24.2 Å². The van der Waals surface area contributed by atoms with Crippen LogP contribution < -0.4 is 5.56 Å². The van der Waals surface area contributed by atoms with Crippen molar-refractivity contribution in [1.82, 2.24) is 14.9 Å². The molecule has 0 bridgehead atoms. The Bertz CT molecular complexity index is 978. The third kappa shape index (κ3) is 3.60. The lowest BCUT2D eigenvalue weighted by atomic mass is 10.1. The van der Waals surface area contributed by atoms with Crippen molar-refractivity contribution in [2.75, 3.05) is 7.05 Å². The van der Waals surface area contributed by atoms with Gasteiger partial charge in [0, 0.05) is 48.4 Å². The molecule has 0 aliphatic rings. The zero-order chi connectivity index (χ0) is 18.0. The van der Waals surface area contributed by atoms with E-state index in [9.17, 15) is 9.59 Å². The van der Waals surface area contributed by atoms with Crippen molar-refractivity contribution in [3.63, 3.8) is 0 Å². The van der Waals surface area contributed by atoms with Crippen LogP contribution in [0.3, 0.4) is 0 Å². The van der Waals surface area contributed by atoms with E-state index >= 15 is 0 Å². The maximum atomic E-state index is 13.0. The lowest BCUT2D eigenvalue weighted by molar-refractivity contribution is 0.0744. The second-order valence-electron chi connectivity index (χ2n) is 6.39. The monoisotopic (exact) mass is 335 g/mol. The first-order chi connectivity index (χ1) is 12.0. The highest BCUT2D eigenvalue weighted by molar-refractivity contribution is 6.05. The summed E-state index contributed by atoms with van der Waals surface area (Å²) in [5.74, 6) is -0.164. The Labute approximate surface area is 146 Å². The number of para-hydroxylation sites is 1. The highest BCUT2D eigenvalue weighted by Gasteiger charge is 2.20. The Hall–Kier alpha value is -2.95. The smallest absolute Gasteiger partial charge is 0.254 e. The molecule has 0 aliphatic carbocycles. The van der Waals surface area contributed by atoms with Gasteiger partial charge in [0.15, 0.2) is 0 Å². The van der Waals surface area contributed by atoms with Gasteiger partial charge in [0.05, 0.1) is 5.56 Å². The molecule has 0 unspecified atom stereocenters. The van der Waals surface area contributed by atoms with Crippen molar-refractivity contribution in [2.45, 2.75) is 26.3 Å². The zero-order valence-corrected chi connectivity index (χ0v) is 14.6. The van der Waals surface area contributed by atoms with Gasteiger partial charge in [-0.1, -0.05) is 18.2 Å². The van der Waals surface area contributed by atoms with Crippen LogP contribution in [-0.4, -0.2) is 33.9 Å². The van der Waals surface area contributed by atoms with Crippen LogP contribution in [0.25, 0.3) is 10.9 Å². The number of amides is 1. The summed E-state index contributed by atoms with van der Waals surface area (Å²) in [5.41, 5.74) is 2.91. The van der Waals surface area contributed by atoms with Gasteiger partial charge in [0.2, 0.25) is 5.56 Å². The third-order valence-corrected chi connectivity index (χ3v) is 4.44. The molecule has 3 rings (SSSR count). The van der Waals surface area contributed by atoms with Crippen molar-refractivity contribution in [1.29, 1.82) is 0 Å². The number of hydrogen-bond acceptors (Lipinski definition) is 3. The topological polar surface area (TPSA) is 66.1 Å². The summed E-state index contributed by atoms with van der Waals surface area (Å²) in [4.78, 5) is 33.7. The van der Waals surface area contributed by atoms with E-state index in [-0.39, 0.29) is 17.5 Å². The predicted molar refractivity (Wildman–Crippen MR) is 98.8 cm³/mol. The van der Waals surface area contributed by atoms with Crippen LogP contribution in [0.5, 0.6) is 0 Å². The summed E-state index contributed by atoms with van der Waals surface area (Å²) in [6.45, 7) is 4.00. The fourth-order valence-corrected chi connectivity index (χ4v) is 2.92. The van der Waals surface area contributed by atoms with Crippen LogP contribution in [0.2, 0.25) is 0 Å². The van der Waals surface area contributed by atoms with Crippen LogP contribution in [0.15, 0.2) is 53.5 Å². The van der Waals surface area contributed by atoms with Gasteiger partial charge in [-0.3, -0.25) is 14.6 Å². The normalized spacial score (nSPS) is 12.1. The molecule has 0 saturated carbocycles. The number of carbonyl (C=O) groups excluding carboxylic acids is 1. The Morgan fingerprint density at radius 1 is 1.24 bits per heavy atom. The van der Waals surface area contributed by atoms with Crippen molar-refractivity contribution < 1.29 is 4.79 Å². The van der Waals surface area contributed by atoms with E-state index in [1.165, 1.54) is 6.07 Å². The molecule has 1 atom stereocenters. The molecule has 1 amide bonds. The number of aromatic nitrogens is 2. The number of hydrogen-bond donors (Lipinski definition) is 1. The number of carbonyl (C=O) groups is 1. The van der Waals surface area contributed by atoms with Gasteiger partial charge in [0.1, 0.15) is 0 Å². The van der Waals surface area contributed by atoms with E-state index in [0.717, 1.165) is 16.6 Å². The summed E-state index contributed by atoms with van der Waals surface area (Å²) in [7, 11) is 1.76. The summed E-state index contributed by atoms with van der Waals surface area (Å²) < 4.78 is 0. The number of pyridine rings is 2. The summed E-state index contributed by atoms with van der Waals surface area (Å²) in [6.07, 6.45) is 2.44. The van der Waals surface area contributed by atoms with E-state index in [4.69, 9.17) is 0 Å². The Kier molecular flexibility index (Phi) is 4.65. The fourth-order valence-electron chi connectivity index (χ4n) is 2.92. The first kappa shape index (κ1) is 16.9. The second-order valence-corrected chi connectivity index (χ2v) is 6.39. The molecular weight excluding hydrogens is 314 g/mol. The quantitative estimate of drug-likeness (QED) is 0.797. The summed E-state index contributed by atoms with van der Waals surface area (Å²) in [6, 6.07) is 12.6. The first-order valence-electron chi connectivity index (χ1n) is 8.26. The standard InChI is InChI=1S/C20H21N3O2/c1-13-8-9-21-15(10-13)11-14(2)23(3)20(25)17-12-19(24)22-18-7-5-4-6-16(17)18/h4-10,12,14H,11H2,1-3H3,(H,22,24)/t14-/m0/s1. The van der Waals surface area contributed by atoms with Crippen LogP contribution in [0.4, 0.5) is 0 Å². The minimum absolute atomic E-state index is 0.0418. The second kappa shape index (κ2) is 6.89. The van der Waals surface area contributed by atoms with Gasteiger partial charge in [0.25, 0.3) is 5.91 Å². The Morgan fingerprint density at radius 2 is 2.00 bits per heavy atom. The average molecular weight is 335 g/mol. The van der Waals surface area contributed by atoms with E-state index in [1.807, 2.05) is 44.2 Å². The molecule has 2 heterocycles. The maximum absolute atomic E-state index is 13.0. The molecule has 0 fully saturated rings. The van der Waals surface area contributed by atoms with E-state index < -0.39 is 0 Å². The minimum atomic E-state index is -0.275. The number of nitrogens with zero attached hydrogens (tertiary/aromatic N) is 2. The molecule has 0 saturated heterocycles. The zero-order valence-electron chi connectivity index (χ0n) is 14.6. The number of aryl methyl sites for hydroxylation is 1. The Balaban J connectivity index is 1.88. The van der Waals surface area contributed by atoms with Crippen molar-refractivity contribution >= 4 is 16.8 Å². The number of likely N-dealkylation sites (N-methyl/N-ethyl adjacent to an activating group) is 1.